The smallest absolute Gasteiger partial charge is 0.271 e. The quantitative estimate of drug-likeness (QED) is 0.486. The van der Waals surface area contributed by atoms with Crippen molar-refractivity contribution in [3.63, 3.8) is 0 Å². The van der Waals surface area contributed by atoms with Crippen molar-refractivity contribution in [3.05, 3.63) is 64.8 Å². The van der Waals surface area contributed by atoms with Gasteiger partial charge in [0.2, 0.25) is 17.4 Å². The van der Waals surface area contributed by atoms with Crippen LogP contribution in [0.5, 0.6) is 11.5 Å². The third-order valence-electron chi connectivity index (χ3n) is 3.26. The molecule has 0 saturated heterocycles. The van der Waals surface area contributed by atoms with Crippen LogP contribution in [0.25, 0.3) is 0 Å². The number of ether oxygens (including phenoxy) is 1. The van der Waals surface area contributed by atoms with E-state index in [1.807, 2.05) is 0 Å². The van der Waals surface area contributed by atoms with E-state index < -0.39 is 39.3 Å². The molecule has 0 amide bonds. The molecule has 3 rings (SSSR count). The fraction of sp³-hybridized carbons (Fsp3) is 0.0625. The number of pyridine rings is 1. The summed E-state index contributed by atoms with van der Waals surface area (Å²) < 4.78 is 85.0. The summed E-state index contributed by atoms with van der Waals surface area (Å²) in [6, 6.07) is 7.98. The van der Waals surface area contributed by atoms with E-state index in [0.29, 0.717) is 0 Å². The highest BCUT2D eigenvalue weighted by atomic mass is 32.2. The van der Waals surface area contributed by atoms with Crippen LogP contribution in [0, 0.1) is 30.5 Å². The summed E-state index contributed by atoms with van der Waals surface area (Å²) in [5.74, 6) is -8.73. The zero-order valence-corrected chi connectivity index (χ0v) is 15.1. The summed E-state index contributed by atoms with van der Waals surface area (Å²) in [6.45, 7) is 1.76. The van der Waals surface area contributed by atoms with Gasteiger partial charge in [-0.25, -0.2) is 8.42 Å². The second-order valence-electron chi connectivity index (χ2n) is 5.25. The van der Waals surface area contributed by atoms with Crippen molar-refractivity contribution < 1.29 is 30.7 Å². The summed E-state index contributed by atoms with van der Waals surface area (Å²) in [6.07, 6.45) is 0. The third kappa shape index (κ3) is 4.03. The predicted molar refractivity (Wildman–Crippen MR) is 90.4 cm³/mol. The Morgan fingerprint density at radius 1 is 0.963 bits per heavy atom. The molecule has 5 nitrogen and oxygen atoms in total. The molecule has 3 aromatic rings. The van der Waals surface area contributed by atoms with Crippen LogP contribution < -0.4 is 9.46 Å². The number of nitrogens with one attached hydrogen (secondary N) is 1. The van der Waals surface area contributed by atoms with Crippen LogP contribution in [0.4, 0.5) is 23.2 Å². The molecular weight excluding hydrogens is 408 g/mol. The summed E-state index contributed by atoms with van der Waals surface area (Å²) in [4.78, 5) is 3.24. The number of rotatable bonds is 5. The van der Waals surface area contributed by atoms with Gasteiger partial charge in [-0.2, -0.15) is 22.5 Å². The van der Waals surface area contributed by atoms with Crippen molar-refractivity contribution in [2.45, 2.75) is 11.1 Å². The number of aromatic nitrogens is 1. The minimum Gasteiger partial charge on any atom is -0.451 e. The molecule has 11 heteroatoms. The lowest BCUT2D eigenvalue weighted by Crippen LogP contribution is -2.11. The number of sulfonamides is 1. The molecule has 0 radical (unpaired) electrons. The summed E-state index contributed by atoms with van der Waals surface area (Å²) >= 11 is 1.09. The van der Waals surface area contributed by atoms with Crippen molar-refractivity contribution in [1.82, 2.24) is 4.98 Å². The van der Waals surface area contributed by atoms with Crippen LogP contribution in [0.15, 0.2) is 40.6 Å². The number of benzene rings is 1. The van der Waals surface area contributed by atoms with Crippen LogP contribution in [0.2, 0.25) is 0 Å². The Morgan fingerprint density at radius 2 is 1.56 bits per heavy atom. The summed E-state index contributed by atoms with van der Waals surface area (Å²) in [5, 5.41) is 0. The average Bonchev–Trinajstić information content (AvgIpc) is 3.06. The highest BCUT2D eigenvalue weighted by Crippen LogP contribution is 2.31. The van der Waals surface area contributed by atoms with Gasteiger partial charge in [0.1, 0.15) is 9.96 Å². The summed E-state index contributed by atoms with van der Waals surface area (Å²) in [5.41, 5.74) is 0.154. The molecule has 0 atom stereocenters. The molecule has 27 heavy (non-hydrogen) atoms. The van der Waals surface area contributed by atoms with Gasteiger partial charge in [0.15, 0.2) is 0 Å². The third-order valence-corrected chi connectivity index (χ3v) is 6.14. The fourth-order valence-corrected chi connectivity index (χ4v) is 4.37. The van der Waals surface area contributed by atoms with Gasteiger partial charge in [-0.15, -0.1) is 11.3 Å². The van der Waals surface area contributed by atoms with E-state index in [1.165, 1.54) is 30.3 Å². The first kappa shape index (κ1) is 19.1. The van der Waals surface area contributed by atoms with Crippen molar-refractivity contribution in [2.75, 3.05) is 4.72 Å². The minimum atomic E-state index is -3.79. The van der Waals surface area contributed by atoms with Gasteiger partial charge >= 0.3 is 0 Å². The van der Waals surface area contributed by atoms with Crippen molar-refractivity contribution in [2.24, 2.45) is 0 Å². The summed E-state index contributed by atoms with van der Waals surface area (Å²) in [7, 11) is -3.79. The van der Waals surface area contributed by atoms with Gasteiger partial charge in [-0.1, -0.05) is 0 Å². The SMILES string of the molecule is Cc1ccc(S(=O)(=O)Nc2ccc(Oc3c(F)c(F)nc(F)c3F)cc2)s1. The van der Waals surface area contributed by atoms with Crippen LogP contribution in [0.1, 0.15) is 4.88 Å². The highest BCUT2D eigenvalue weighted by molar-refractivity contribution is 7.94. The number of hydrogen-bond donors (Lipinski definition) is 1. The van der Waals surface area contributed by atoms with Crippen LogP contribution in [-0.2, 0) is 10.0 Å². The first-order chi connectivity index (χ1) is 12.7. The van der Waals surface area contributed by atoms with Gasteiger partial charge in [0.05, 0.1) is 0 Å². The number of halogens is 4. The molecule has 0 unspecified atom stereocenters. The average molecular weight is 418 g/mol. The lowest BCUT2D eigenvalue weighted by molar-refractivity contribution is 0.343. The van der Waals surface area contributed by atoms with E-state index in [4.69, 9.17) is 4.74 Å². The second-order valence-corrected chi connectivity index (χ2v) is 8.44. The lowest BCUT2D eigenvalue weighted by Gasteiger charge is -2.10. The van der Waals surface area contributed by atoms with Gasteiger partial charge in [0, 0.05) is 10.6 Å². The number of aryl methyl sites for hydroxylation is 1. The Labute approximate surface area is 155 Å². The molecule has 0 bridgehead atoms. The van der Waals surface area contributed by atoms with E-state index in [-0.39, 0.29) is 15.6 Å². The van der Waals surface area contributed by atoms with Gasteiger partial charge in [-0.3, -0.25) is 4.72 Å². The van der Waals surface area contributed by atoms with E-state index in [0.717, 1.165) is 16.2 Å². The molecule has 142 valence electrons. The zero-order valence-electron chi connectivity index (χ0n) is 13.5. The number of anilines is 1. The maximum atomic E-state index is 13.6. The molecule has 0 fully saturated rings. The van der Waals surface area contributed by atoms with E-state index in [9.17, 15) is 26.0 Å². The second kappa shape index (κ2) is 7.16. The first-order valence-corrected chi connectivity index (χ1v) is 9.54. The molecule has 2 aromatic heterocycles. The lowest BCUT2D eigenvalue weighted by atomic mass is 10.3. The Kier molecular flexibility index (Phi) is 5.07. The van der Waals surface area contributed by atoms with Gasteiger partial charge < -0.3 is 4.74 Å². The van der Waals surface area contributed by atoms with E-state index in [1.54, 1.807) is 13.0 Å². The zero-order chi connectivity index (χ0) is 19.8. The number of thiophene rings is 1. The molecule has 0 aliphatic carbocycles. The Morgan fingerprint density at radius 3 is 2.07 bits per heavy atom. The molecule has 1 N–H and O–H groups in total. The molecule has 2 heterocycles. The van der Waals surface area contributed by atoms with E-state index in [2.05, 4.69) is 9.71 Å². The standard InChI is InChI=1S/C16H10F4N2O3S2/c1-8-2-7-11(26-8)27(23,24)22-9-3-5-10(6-4-9)25-14-12(17)15(19)21-16(20)13(14)18/h2-7,22H,1H3. The van der Waals surface area contributed by atoms with Crippen molar-refractivity contribution in [1.29, 1.82) is 0 Å². The Bertz CT molecular complexity index is 1070. The maximum absolute atomic E-state index is 13.6. The largest absolute Gasteiger partial charge is 0.451 e. The van der Waals surface area contributed by atoms with Crippen molar-refractivity contribution in [3.8, 4) is 11.5 Å². The van der Waals surface area contributed by atoms with Gasteiger partial charge in [-0.05, 0) is 43.3 Å². The fourth-order valence-electron chi connectivity index (χ4n) is 2.03. The molecule has 0 spiro atoms. The number of hydrogen-bond acceptors (Lipinski definition) is 5. The van der Waals surface area contributed by atoms with Crippen LogP contribution >= 0.6 is 11.3 Å². The first-order valence-electron chi connectivity index (χ1n) is 7.24. The maximum Gasteiger partial charge on any atom is 0.271 e. The molecular formula is C16H10F4N2O3S2. The van der Waals surface area contributed by atoms with Crippen LogP contribution in [0.3, 0.4) is 0 Å². The normalized spacial score (nSPS) is 11.4. The predicted octanol–water partition coefficient (Wildman–Crippen LogP) is 4.60. The Hall–Kier alpha value is -2.66. The van der Waals surface area contributed by atoms with E-state index >= 15 is 0 Å². The molecule has 0 aliphatic heterocycles. The number of nitrogens with zero attached hydrogens (tertiary/aromatic N) is 1. The molecule has 1 aromatic carbocycles. The Balaban J connectivity index is 1.81. The minimum absolute atomic E-state index is 0.118. The molecule has 0 saturated carbocycles. The monoisotopic (exact) mass is 418 g/mol. The highest BCUT2D eigenvalue weighted by Gasteiger charge is 2.23. The van der Waals surface area contributed by atoms with Crippen LogP contribution in [-0.4, -0.2) is 13.4 Å². The topological polar surface area (TPSA) is 68.3 Å². The van der Waals surface area contributed by atoms with Gasteiger partial charge in [0.25, 0.3) is 21.9 Å². The molecule has 0 aliphatic rings. The van der Waals surface area contributed by atoms with Crippen molar-refractivity contribution >= 4 is 27.0 Å².